The van der Waals surface area contributed by atoms with Gasteiger partial charge in [-0.3, -0.25) is 4.79 Å². The van der Waals surface area contributed by atoms with Gasteiger partial charge in [-0.15, -0.1) is 0 Å². The fourth-order valence-electron chi connectivity index (χ4n) is 2.91. The summed E-state index contributed by atoms with van der Waals surface area (Å²) in [5.41, 5.74) is 2.49. The van der Waals surface area contributed by atoms with Crippen molar-refractivity contribution in [3.63, 3.8) is 0 Å². The molecule has 0 aliphatic carbocycles. The summed E-state index contributed by atoms with van der Waals surface area (Å²) in [6, 6.07) is 22.1. The number of benzene rings is 3. The van der Waals surface area contributed by atoms with Gasteiger partial charge in [0.25, 0.3) is 0 Å². The molecule has 3 aromatic rings. The van der Waals surface area contributed by atoms with Gasteiger partial charge >= 0.3 is 6.09 Å². The first kappa shape index (κ1) is 21.0. The van der Waals surface area contributed by atoms with Crippen molar-refractivity contribution in [2.24, 2.45) is 0 Å². The fraction of sp³-hybridized carbons (Fsp3) is 0.167. The monoisotopic (exact) mass is 406 g/mol. The van der Waals surface area contributed by atoms with E-state index in [0.717, 1.165) is 16.7 Å². The highest BCUT2D eigenvalue weighted by Crippen LogP contribution is 2.16. The Labute approximate surface area is 174 Å². The number of anilines is 1. The number of hydrogen-bond acceptors (Lipinski definition) is 3. The predicted molar refractivity (Wildman–Crippen MR) is 113 cm³/mol. The van der Waals surface area contributed by atoms with E-state index in [1.807, 2.05) is 60.7 Å². The first-order valence-corrected chi connectivity index (χ1v) is 9.59. The summed E-state index contributed by atoms with van der Waals surface area (Å²) in [7, 11) is 0. The van der Waals surface area contributed by atoms with Crippen LogP contribution in [0.5, 0.6) is 0 Å². The average molecular weight is 406 g/mol. The Balaban J connectivity index is 1.69. The van der Waals surface area contributed by atoms with Gasteiger partial charge in [-0.1, -0.05) is 66.7 Å². The highest BCUT2D eigenvalue weighted by Gasteiger charge is 2.23. The molecule has 0 unspecified atom stereocenters. The number of amides is 2. The molecular formula is C24H23FN2O3. The minimum absolute atomic E-state index is 0.0584. The molecule has 0 aliphatic heterocycles. The lowest BCUT2D eigenvalue weighted by molar-refractivity contribution is -0.118. The summed E-state index contributed by atoms with van der Waals surface area (Å²) in [4.78, 5) is 25.1. The number of halogens is 1. The van der Waals surface area contributed by atoms with Gasteiger partial charge in [0.1, 0.15) is 18.5 Å². The number of carbonyl (C=O) groups excluding carboxylic acids is 2. The Bertz CT molecular complexity index is 994. The second-order valence-corrected chi connectivity index (χ2v) is 6.92. The van der Waals surface area contributed by atoms with Crippen molar-refractivity contribution >= 4 is 17.7 Å². The van der Waals surface area contributed by atoms with E-state index in [0.29, 0.717) is 0 Å². The molecule has 0 bridgehead atoms. The van der Waals surface area contributed by atoms with E-state index in [1.54, 1.807) is 13.0 Å². The van der Waals surface area contributed by atoms with Crippen LogP contribution >= 0.6 is 0 Å². The van der Waals surface area contributed by atoms with Crippen LogP contribution in [0.15, 0.2) is 78.9 Å². The summed E-state index contributed by atoms with van der Waals surface area (Å²) in [5.74, 6) is -1.06. The van der Waals surface area contributed by atoms with Gasteiger partial charge in [0.05, 0.1) is 5.69 Å². The number of ether oxygens (including phenoxy) is 1. The van der Waals surface area contributed by atoms with Crippen molar-refractivity contribution in [1.82, 2.24) is 5.32 Å². The first-order chi connectivity index (χ1) is 14.5. The quantitative estimate of drug-likeness (QED) is 0.602. The van der Waals surface area contributed by atoms with Gasteiger partial charge in [-0.05, 0) is 35.7 Å². The molecule has 30 heavy (non-hydrogen) atoms. The summed E-state index contributed by atoms with van der Waals surface area (Å²) < 4.78 is 19.4. The molecule has 6 heteroatoms. The Morgan fingerprint density at radius 3 is 2.20 bits per heavy atom. The second kappa shape index (κ2) is 10.2. The van der Waals surface area contributed by atoms with Crippen LogP contribution in [0.2, 0.25) is 0 Å². The maximum absolute atomic E-state index is 14.1. The molecule has 0 spiro atoms. The van der Waals surface area contributed by atoms with Gasteiger partial charge in [0.2, 0.25) is 5.91 Å². The van der Waals surface area contributed by atoms with Crippen molar-refractivity contribution < 1.29 is 18.7 Å². The average Bonchev–Trinajstić information content (AvgIpc) is 2.75. The molecule has 154 valence electrons. The summed E-state index contributed by atoms with van der Waals surface area (Å²) in [6.07, 6.45) is -0.486. The van der Waals surface area contributed by atoms with Crippen LogP contribution in [-0.4, -0.2) is 18.0 Å². The standard InChI is InChI=1S/C24H23FN2O3/c1-17-12-13-21(20(25)14-17)26-23(28)22(15-18-8-4-2-5-9-18)27-24(29)30-16-19-10-6-3-7-11-19/h2-14,22H,15-16H2,1H3,(H,26,28)(H,27,29)/t22-/m0/s1. The highest BCUT2D eigenvalue weighted by atomic mass is 19.1. The topological polar surface area (TPSA) is 67.4 Å². The van der Waals surface area contributed by atoms with Gasteiger partial charge < -0.3 is 15.4 Å². The van der Waals surface area contributed by atoms with E-state index in [9.17, 15) is 14.0 Å². The SMILES string of the molecule is Cc1ccc(NC(=O)[C@H](Cc2ccccc2)NC(=O)OCc2ccccc2)c(F)c1. The number of hydrogen-bond donors (Lipinski definition) is 2. The minimum Gasteiger partial charge on any atom is -0.445 e. The molecule has 3 aromatic carbocycles. The molecule has 3 rings (SSSR count). The molecular weight excluding hydrogens is 383 g/mol. The summed E-state index contributed by atoms with van der Waals surface area (Å²) in [6.45, 7) is 1.84. The van der Waals surface area contributed by atoms with Crippen molar-refractivity contribution in [2.45, 2.75) is 26.0 Å². The maximum Gasteiger partial charge on any atom is 0.408 e. The first-order valence-electron chi connectivity index (χ1n) is 9.59. The van der Waals surface area contributed by atoms with Crippen LogP contribution in [0.1, 0.15) is 16.7 Å². The van der Waals surface area contributed by atoms with Crippen molar-refractivity contribution in [1.29, 1.82) is 0 Å². The van der Waals surface area contributed by atoms with E-state index in [1.165, 1.54) is 12.1 Å². The third kappa shape index (κ3) is 6.17. The highest BCUT2D eigenvalue weighted by molar-refractivity contribution is 5.96. The van der Waals surface area contributed by atoms with E-state index >= 15 is 0 Å². The molecule has 0 aliphatic rings. The van der Waals surface area contributed by atoms with Crippen molar-refractivity contribution in [2.75, 3.05) is 5.32 Å². The number of nitrogens with one attached hydrogen (secondary N) is 2. The van der Waals surface area contributed by atoms with Crippen LogP contribution in [0.25, 0.3) is 0 Å². The zero-order chi connectivity index (χ0) is 21.3. The van der Waals surface area contributed by atoms with E-state index in [4.69, 9.17) is 4.74 Å². The van der Waals surface area contributed by atoms with E-state index in [-0.39, 0.29) is 18.7 Å². The van der Waals surface area contributed by atoms with Gasteiger partial charge in [0, 0.05) is 6.42 Å². The summed E-state index contributed by atoms with van der Waals surface area (Å²) >= 11 is 0. The van der Waals surface area contributed by atoms with Crippen LogP contribution in [0.3, 0.4) is 0 Å². The van der Waals surface area contributed by atoms with Gasteiger partial charge in [0.15, 0.2) is 0 Å². The Morgan fingerprint density at radius 1 is 0.933 bits per heavy atom. The second-order valence-electron chi connectivity index (χ2n) is 6.92. The van der Waals surface area contributed by atoms with Crippen molar-refractivity contribution in [3.05, 3.63) is 101 Å². The van der Waals surface area contributed by atoms with Crippen molar-refractivity contribution in [3.8, 4) is 0 Å². The predicted octanol–water partition coefficient (Wildman–Crippen LogP) is 4.61. The van der Waals surface area contributed by atoms with E-state index in [2.05, 4.69) is 10.6 Å². The summed E-state index contributed by atoms with van der Waals surface area (Å²) in [5, 5.41) is 5.14. The van der Waals surface area contributed by atoms with Gasteiger partial charge in [-0.25, -0.2) is 9.18 Å². The lowest BCUT2D eigenvalue weighted by Crippen LogP contribution is -2.45. The molecule has 0 saturated heterocycles. The third-order valence-electron chi connectivity index (χ3n) is 4.49. The van der Waals surface area contributed by atoms with Crippen LogP contribution in [0.4, 0.5) is 14.9 Å². The molecule has 0 radical (unpaired) electrons. The lowest BCUT2D eigenvalue weighted by atomic mass is 10.1. The van der Waals surface area contributed by atoms with Crippen LogP contribution in [-0.2, 0) is 22.6 Å². The number of rotatable bonds is 7. The molecule has 1 atom stereocenters. The Hall–Kier alpha value is -3.67. The fourth-order valence-corrected chi connectivity index (χ4v) is 2.91. The van der Waals surface area contributed by atoms with E-state index < -0.39 is 23.9 Å². The largest absolute Gasteiger partial charge is 0.445 e. The van der Waals surface area contributed by atoms with Gasteiger partial charge in [-0.2, -0.15) is 0 Å². The smallest absolute Gasteiger partial charge is 0.408 e. The number of alkyl carbamates (subject to hydrolysis) is 1. The Kier molecular flexibility index (Phi) is 7.16. The van der Waals surface area contributed by atoms with Crippen LogP contribution in [0, 0.1) is 12.7 Å². The zero-order valence-electron chi connectivity index (χ0n) is 16.6. The number of aryl methyl sites for hydroxylation is 1. The third-order valence-corrected chi connectivity index (χ3v) is 4.49. The zero-order valence-corrected chi connectivity index (χ0v) is 16.6. The number of carbonyl (C=O) groups is 2. The lowest BCUT2D eigenvalue weighted by Gasteiger charge is -2.19. The molecule has 2 amide bonds. The molecule has 5 nitrogen and oxygen atoms in total. The Morgan fingerprint density at radius 2 is 1.57 bits per heavy atom. The van der Waals surface area contributed by atoms with Crippen LogP contribution < -0.4 is 10.6 Å². The minimum atomic E-state index is -0.934. The molecule has 0 aromatic heterocycles. The molecule has 0 saturated carbocycles. The molecule has 2 N–H and O–H groups in total. The maximum atomic E-state index is 14.1. The molecule has 0 heterocycles. The molecule has 0 fully saturated rings. The normalized spacial score (nSPS) is 11.4.